The molecule has 2 aromatic rings. The van der Waals surface area contributed by atoms with Gasteiger partial charge in [0.2, 0.25) is 0 Å². The van der Waals surface area contributed by atoms with Crippen LogP contribution in [0.4, 0.5) is 11.4 Å². The average Bonchev–Trinajstić information content (AvgIpc) is 2.47. The van der Waals surface area contributed by atoms with Gasteiger partial charge in [-0.2, -0.15) is 0 Å². The fourth-order valence-electron chi connectivity index (χ4n) is 2.07. The first-order valence-electron chi connectivity index (χ1n) is 6.32. The van der Waals surface area contributed by atoms with Gasteiger partial charge >= 0.3 is 5.97 Å². The Kier molecular flexibility index (Phi) is 4.50. The molecule has 0 aliphatic carbocycles. The molecule has 0 amide bonds. The van der Waals surface area contributed by atoms with Gasteiger partial charge in [-0.3, -0.25) is 14.9 Å². The Labute approximate surface area is 121 Å². The van der Waals surface area contributed by atoms with Crippen molar-refractivity contribution in [2.24, 2.45) is 0 Å². The summed E-state index contributed by atoms with van der Waals surface area (Å²) in [6, 6.07) is 15.3. The van der Waals surface area contributed by atoms with Crippen molar-refractivity contribution in [3.63, 3.8) is 0 Å². The van der Waals surface area contributed by atoms with Crippen LogP contribution in [0.2, 0.25) is 0 Å². The van der Waals surface area contributed by atoms with Gasteiger partial charge in [0, 0.05) is 17.3 Å². The molecule has 0 unspecified atom stereocenters. The van der Waals surface area contributed by atoms with E-state index in [1.807, 2.05) is 6.07 Å². The third-order valence-corrected chi connectivity index (χ3v) is 3.00. The van der Waals surface area contributed by atoms with Crippen molar-refractivity contribution in [1.82, 2.24) is 0 Å². The summed E-state index contributed by atoms with van der Waals surface area (Å²) in [5, 5.41) is 20.1. The quantitative estimate of drug-likeness (QED) is 0.652. The van der Waals surface area contributed by atoms with Crippen LogP contribution >= 0.6 is 0 Å². The number of aliphatic carboxylic acids is 1. The van der Waals surface area contributed by atoms with Crippen molar-refractivity contribution in [3.8, 4) is 0 Å². The summed E-state index contributed by atoms with van der Waals surface area (Å²) >= 11 is 0. The molecular formula is C15H14N2O4. The number of hydrogen-bond acceptors (Lipinski definition) is 4. The number of nitrogens with zero attached hydrogens (tertiary/aromatic N) is 2. The number of nitro groups is 1. The second kappa shape index (κ2) is 6.51. The maximum absolute atomic E-state index is 11.0. The number of rotatable bonds is 6. The zero-order chi connectivity index (χ0) is 15.2. The van der Waals surface area contributed by atoms with Crippen LogP contribution in [0.15, 0.2) is 54.6 Å². The minimum atomic E-state index is -0.988. The smallest absolute Gasteiger partial charge is 0.323 e. The Morgan fingerprint density at radius 3 is 2.33 bits per heavy atom. The van der Waals surface area contributed by atoms with E-state index in [4.69, 9.17) is 5.11 Å². The third-order valence-electron chi connectivity index (χ3n) is 3.00. The number of benzene rings is 2. The van der Waals surface area contributed by atoms with Gasteiger partial charge in [-0.25, -0.2) is 0 Å². The summed E-state index contributed by atoms with van der Waals surface area (Å²) in [6.45, 7) is -0.0659. The molecular weight excluding hydrogens is 272 g/mol. The average molecular weight is 286 g/mol. The molecule has 108 valence electrons. The van der Waals surface area contributed by atoms with E-state index in [2.05, 4.69) is 0 Å². The maximum Gasteiger partial charge on any atom is 0.323 e. The molecule has 0 saturated heterocycles. The monoisotopic (exact) mass is 286 g/mol. The minimum Gasteiger partial charge on any atom is -0.480 e. The molecule has 21 heavy (non-hydrogen) atoms. The van der Waals surface area contributed by atoms with Crippen molar-refractivity contribution in [3.05, 3.63) is 70.3 Å². The largest absolute Gasteiger partial charge is 0.480 e. The van der Waals surface area contributed by atoms with Crippen LogP contribution in [0.1, 0.15) is 5.56 Å². The van der Waals surface area contributed by atoms with Crippen molar-refractivity contribution >= 4 is 17.3 Å². The van der Waals surface area contributed by atoms with Gasteiger partial charge in [0.05, 0.1) is 11.5 Å². The lowest BCUT2D eigenvalue weighted by molar-refractivity contribution is -0.385. The first kappa shape index (κ1) is 14.5. The van der Waals surface area contributed by atoms with Gasteiger partial charge in [-0.15, -0.1) is 0 Å². The van der Waals surface area contributed by atoms with Crippen LogP contribution in [0.3, 0.4) is 0 Å². The number of carboxylic acid groups (broad SMARTS) is 1. The Morgan fingerprint density at radius 1 is 1.10 bits per heavy atom. The molecule has 2 aromatic carbocycles. The SMILES string of the molecule is O=C(O)CN(Cc1ccccc1[N+](=O)[O-])c1ccccc1. The van der Waals surface area contributed by atoms with Gasteiger partial charge in [0.1, 0.15) is 6.54 Å². The van der Waals surface area contributed by atoms with Crippen LogP contribution in [-0.2, 0) is 11.3 Å². The first-order valence-corrected chi connectivity index (χ1v) is 6.32. The lowest BCUT2D eigenvalue weighted by atomic mass is 10.1. The summed E-state index contributed by atoms with van der Waals surface area (Å²) in [4.78, 5) is 23.2. The second-order valence-electron chi connectivity index (χ2n) is 4.47. The van der Waals surface area contributed by atoms with Crippen LogP contribution < -0.4 is 4.90 Å². The van der Waals surface area contributed by atoms with E-state index in [9.17, 15) is 14.9 Å². The second-order valence-corrected chi connectivity index (χ2v) is 4.47. The van der Waals surface area contributed by atoms with E-state index in [0.29, 0.717) is 11.3 Å². The minimum absolute atomic E-state index is 0.0104. The van der Waals surface area contributed by atoms with E-state index in [1.54, 1.807) is 47.4 Å². The molecule has 2 rings (SSSR count). The lowest BCUT2D eigenvalue weighted by Crippen LogP contribution is -2.29. The predicted octanol–water partition coefficient (Wildman–Crippen LogP) is 2.69. The van der Waals surface area contributed by atoms with Crippen molar-refractivity contribution in [2.45, 2.75) is 6.54 Å². The predicted molar refractivity (Wildman–Crippen MR) is 78.2 cm³/mol. The van der Waals surface area contributed by atoms with E-state index in [1.165, 1.54) is 6.07 Å². The fourth-order valence-corrected chi connectivity index (χ4v) is 2.07. The number of carboxylic acids is 1. The Bertz CT molecular complexity index is 643. The summed E-state index contributed by atoms with van der Waals surface area (Å²) in [6.07, 6.45) is 0. The molecule has 6 nitrogen and oxygen atoms in total. The van der Waals surface area contributed by atoms with E-state index in [-0.39, 0.29) is 18.8 Å². The maximum atomic E-state index is 11.0. The summed E-state index contributed by atoms with van der Waals surface area (Å²) in [5.41, 5.74) is 1.18. The molecule has 0 aliphatic rings. The molecule has 0 radical (unpaired) electrons. The van der Waals surface area contributed by atoms with Crippen molar-refractivity contribution in [2.75, 3.05) is 11.4 Å². The first-order chi connectivity index (χ1) is 10.1. The number of anilines is 1. The van der Waals surface area contributed by atoms with Gasteiger partial charge < -0.3 is 10.0 Å². The highest BCUT2D eigenvalue weighted by molar-refractivity contribution is 5.73. The zero-order valence-electron chi connectivity index (χ0n) is 11.2. The Hall–Kier alpha value is -2.89. The topological polar surface area (TPSA) is 83.7 Å². The van der Waals surface area contributed by atoms with Gasteiger partial charge in [-0.1, -0.05) is 36.4 Å². The number of carbonyl (C=O) groups is 1. The molecule has 0 atom stereocenters. The molecule has 0 aromatic heterocycles. The fraction of sp³-hybridized carbons (Fsp3) is 0.133. The number of para-hydroxylation sites is 2. The molecule has 1 N–H and O–H groups in total. The molecule has 0 bridgehead atoms. The van der Waals surface area contributed by atoms with E-state index >= 15 is 0 Å². The highest BCUT2D eigenvalue weighted by Gasteiger charge is 2.17. The standard InChI is InChI=1S/C15H14N2O4/c18-15(19)11-16(13-7-2-1-3-8-13)10-12-6-4-5-9-14(12)17(20)21/h1-9H,10-11H2,(H,18,19). The van der Waals surface area contributed by atoms with E-state index < -0.39 is 10.9 Å². The molecule has 0 spiro atoms. The number of hydrogen-bond donors (Lipinski definition) is 1. The van der Waals surface area contributed by atoms with Crippen LogP contribution in [0.5, 0.6) is 0 Å². The van der Waals surface area contributed by atoms with Crippen LogP contribution in [0.25, 0.3) is 0 Å². The van der Waals surface area contributed by atoms with Crippen molar-refractivity contribution < 1.29 is 14.8 Å². The summed E-state index contributed by atoms with van der Waals surface area (Å²) in [5.74, 6) is -0.988. The van der Waals surface area contributed by atoms with Gasteiger partial charge in [0.25, 0.3) is 5.69 Å². The Balaban J connectivity index is 2.32. The van der Waals surface area contributed by atoms with Gasteiger partial charge in [0.15, 0.2) is 0 Å². The van der Waals surface area contributed by atoms with Crippen LogP contribution in [0, 0.1) is 10.1 Å². The summed E-state index contributed by atoms with van der Waals surface area (Å²) < 4.78 is 0. The molecule has 0 heterocycles. The molecule has 0 aliphatic heterocycles. The summed E-state index contributed by atoms with van der Waals surface area (Å²) in [7, 11) is 0. The van der Waals surface area contributed by atoms with E-state index in [0.717, 1.165) is 0 Å². The molecule has 0 fully saturated rings. The third kappa shape index (κ3) is 3.79. The zero-order valence-corrected chi connectivity index (χ0v) is 11.2. The highest BCUT2D eigenvalue weighted by atomic mass is 16.6. The normalized spacial score (nSPS) is 10.1. The number of nitro benzene ring substituents is 1. The molecule has 6 heteroatoms. The lowest BCUT2D eigenvalue weighted by Gasteiger charge is -2.22. The van der Waals surface area contributed by atoms with Crippen molar-refractivity contribution in [1.29, 1.82) is 0 Å². The molecule has 0 saturated carbocycles. The van der Waals surface area contributed by atoms with Gasteiger partial charge in [-0.05, 0) is 12.1 Å². The van der Waals surface area contributed by atoms with Crippen LogP contribution in [-0.4, -0.2) is 22.5 Å². The highest BCUT2D eigenvalue weighted by Crippen LogP contribution is 2.22. The Morgan fingerprint density at radius 2 is 1.71 bits per heavy atom.